The van der Waals surface area contributed by atoms with Crippen molar-refractivity contribution in [1.82, 2.24) is 0 Å². The van der Waals surface area contributed by atoms with Crippen LogP contribution in [0.4, 0.5) is 0 Å². The molecule has 0 saturated heterocycles. The van der Waals surface area contributed by atoms with Crippen LogP contribution in [0.2, 0.25) is 0 Å². The van der Waals surface area contributed by atoms with Gasteiger partial charge in [0.2, 0.25) is 0 Å². The van der Waals surface area contributed by atoms with Gasteiger partial charge >= 0.3 is 0 Å². The van der Waals surface area contributed by atoms with E-state index >= 15 is 0 Å². The van der Waals surface area contributed by atoms with Crippen LogP contribution in [-0.4, -0.2) is 0 Å². The molecule has 1 aliphatic heterocycles. The molecule has 3 aromatic carbocycles. The molecule has 134 valence electrons. The third kappa shape index (κ3) is 2.02. The Morgan fingerprint density at radius 3 is 1.79 bits per heavy atom. The first-order valence-electron chi connectivity index (χ1n) is 9.45. The van der Waals surface area contributed by atoms with Crippen LogP contribution in [0.15, 0.2) is 116 Å². The Balaban J connectivity index is 2.01. The van der Waals surface area contributed by atoms with Crippen LogP contribution in [-0.2, 0) is 5.41 Å². The Kier molecular flexibility index (Phi) is 3.70. The largest absolute Gasteiger partial charge is 0.457 e. The summed E-state index contributed by atoms with van der Waals surface area (Å²) in [6, 6.07) is 25.3. The molecule has 0 bridgehead atoms. The number of allylic oxidation sites excluding steroid dienone is 6. The molecule has 3 aromatic rings. The summed E-state index contributed by atoms with van der Waals surface area (Å²) >= 11 is 0. The van der Waals surface area contributed by atoms with Crippen LogP contribution in [0, 0.1) is 0 Å². The second-order valence-corrected chi connectivity index (χ2v) is 7.02. The van der Waals surface area contributed by atoms with Crippen LogP contribution in [0.1, 0.15) is 22.3 Å². The highest BCUT2D eigenvalue weighted by molar-refractivity contribution is 5.96. The predicted molar refractivity (Wildman–Crippen MR) is 116 cm³/mol. The van der Waals surface area contributed by atoms with Crippen molar-refractivity contribution in [3.8, 4) is 11.5 Å². The van der Waals surface area contributed by atoms with E-state index in [4.69, 9.17) is 4.74 Å². The van der Waals surface area contributed by atoms with Gasteiger partial charge in [-0.1, -0.05) is 98.1 Å². The summed E-state index contributed by atoms with van der Waals surface area (Å²) in [4.78, 5) is 0. The normalized spacial score (nSPS) is 18.3. The number of para-hydroxylation sites is 2. The molecular formula is C27H20O. The highest BCUT2D eigenvalue weighted by atomic mass is 16.5. The van der Waals surface area contributed by atoms with E-state index in [0.717, 1.165) is 22.6 Å². The molecule has 0 saturated carbocycles. The molecule has 5 rings (SSSR count). The Bertz CT molecular complexity index is 1130. The lowest BCUT2D eigenvalue weighted by molar-refractivity contribution is 0.436. The Labute approximate surface area is 165 Å². The van der Waals surface area contributed by atoms with Crippen molar-refractivity contribution in [3.05, 3.63) is 138 Å². The average Bonchev–Trinajstić information content (AvgIpc) is 3.00. The molecule has 1 heteroatoms. The maximum atomic E-state index is 6.31. The molecule has 2 aliphatic rings. The molecule has 0 radical (unpaired) electrons. The minimum Gasteiger partial charge on any atom is -0.457 e. The van der Waals surface area contributed by atoms with Crippen LogP contribution in [0.5, 0.6) is 11.5 Å². The molecule has 1 nitrogen and oxygen atoms in total. The highest BCUT2D eigenvalue weighted by Crippen LogP contribution is 2.62. The number of fused-ring (bicyclic) bond motifs is 6. The summed E-state index contributed by atoms with van der Waals surface area (Å²) in [7, 11) is 0. The number of rotatable bonds is 2. The van der Waals surface area contributed by atoms with Gasteiger partial charge in [0, 0.05) is 11.1 Å². The van der Waals surface area contributed by atoms with Gasteiger partial charge in [-0.05, 0) is 34.4 Å². The predicted octanol–water partition coefficient (Wildman–Crippen LogP) is 6.82. The quantitative estimate of drug-likeness (QED) is 0.487. The molecule has 1 aliphatic carbocycles. The molecule has 0 atom stereocenters. The van der Waals surface area contributed by atoms with Crippen molar-refractivity contribution in [2.75, 3.05) is 0 Å². The summed E-state index contributed by atoms with van der Waals surface area (Å²) in [5, 5.41) is 0. The van der Waals surface area contributed by atoms with Crippen molar-refractivity contribution in [2.24, 2.45) is 0 Å². The first kappa shape index (κ1) is 16.6. The van der Waals surface area contributed by atoms with Crippen molar-refractivity contribution in [1.29, 1.82) is 0 Å². The molecule has 0 unspecified atom stereocenters. The maximum absolute atomic E-state index is 6.31. The van der Waals surface area contributed by atoms with Crippen molar-refractivity contribution >= 4 is 5.57 Å². The summed E-state index contributed by atoms with van der Waals surface area (Å²) in [5.74, 6) is 1.79. The Hall–Kier alpha value is -3.58. The average molecular weight is 360 g/mol. The topological polar surface area (TPSA) is 9.23 Å². The monoisotopic (exact) mass is 360 g/mol. The number of benzene rings is 3. The molecular weight excluding hydrogens is 340 g/mol. The minimum absolute atomic E-state index is 0.439. The smallest absolute Gasteiger partial charge is 0.132 e. The van der Waals surface area contributed by atoms with E-state index in [1.165, 1.54) is 22.3 Å². The van der Waals surface area contributed by atoms with Crippen molar-refractivity contribution in [2.45, 2.75) is 5.41 Å². The van der Waals surface area contributed by atoms with Gasteiger partial charge in [-0.25, -0.2) is 0 Å². The van der Waals surface area contributed by atoms with Gasteiger partial charge in [0.1, 0.15) is 11.5 Å². The lowest BCUT2D eigenvalue weighted by atomic mass is 9.66. The molecule has 0 amide bonds. The van der Waals surface area contributed by atoms with Crippen LogP contribution in [0.25, 0.3) is 5.57 Å². The van der Waals surface area contributed by atoms with Gasteiger partial charge in [0.05, 0.1) is 5.41 Å². The first-order valence-corrected chi connectivity index (χ1v) is 9.45. The van der Waals surface area contributed by atoms with E-state index in [9.17, 15) is 0 Å². The van der Waals surface area contributed by atoms with E-state index in [2.05, 4.69) is 86.0 Å². The lowest BCUT2D eigenvalue weighted by Gasteiger charge is -2.39. The van der Waals surface area contributed by atoms with Crippen molar-refractivity contribution in [3.63, 3.8) is 0 Å². The van der Waals surface area contributed by atoms with E-state index in [1.54, 1.807) is 0 Å². The zero-order valence-electron chi connectivity index (χ0n) is 15.6. The second-order valence-electron chi connectivity index (χ2n) is 7.02. The van der Waals surface area contributed by atoms with Gasteiger partial charge in [-0.2, -0.15) is 0 Å². The third-order valence-corrected chi connectivity index (χ3v) is 5.69. The van der Waals surface area contributed by atoms with E-state index in [1.807, 2.05) is 24.3 Å². The summed E-state index contributed by atoms with van der Waals surface area (Å²) in [6.07, 6.45) is 7.97. The molecule has 0 fully saturated rings. The minimum atomic E-state index is -0.439. The zero-order chi connectivity index (χ0) is 19.1. The van der Waals surface area contributed by atoms with Gasteiger partial charge in [0.25, 0.3) is 0 Å². The zero-order valence-corrected chi connectivity index (χ0v) is 15.6. The van der Waals surface area contributed by atoms with Crippen LogP contribution in [0.3, 0.4) is 0 Å². The van der Waals surface area contributed by atoms with Crippen molar-refractivity contribution < 1.29 is 4.74 Å². The van der Waals surface area contributed by atoms with E-state index < -0.39 is 5.41 Å². The van der Waals surface area contributed by atoms with E-state index in [0.29, 0.717) is 0 Å². The molecule has 1 spiro atoms. The Morgan fingerprint density at radius 2 is 1.18 bits per heavy atom. The summed E-state index contributed by atoms with van der Waals surface area (Å²) in [5.41, 5.74) is 6.74. The van der Waals surface area contributed by atoms with Gasteiger partial charge < -0.3 is 4.74 Å². The Morgan fingerprint density at radius 1 is 0.643 bits per heavy atom. The number of hydrogen-bond donors (Lipinski definition) is 0. The number of ether oxygens (including phenoxy) is 1. The second kappa shape index (κ2) is 6.24. The lowest BCUT2D eigenvalue weighted by Crippen LogP contribution is -2.32. The third-order valence-electron chi connectivity index (χ3n) is 5.69. The fourth-order valence-corrected chi connectivity index (χ4v) is 4.74. The SMILES string of the molecule is C=C/C=C1\C(=C/C=C)C2(c3ccccc3Oc3ccccc32)c2ccccc21. The van der Waals surface area contributed by atoms with Gasteiger partial charge in [0.15, 0.2) is 0 Å². The summed E-state index contributed by atoms with van der Waals surface area (Å²) < 4.78 is 6.31. The standard InChI is InChI=1S/C27H20O/c1-3-11-19-20-13-5-6-14-22(20)27(21(19)12-4-2)23-15-7-9-17-25(23)28-26-18-10-8-16-24(26)27/h3-18H,1-2H2/b19-11-,21-12+. The molecule has 0 aromatic heterocycles. The summed E-state index contributed by atoms with van der Waals surface area (Å²) in [6.45, 7) is 7.97. The van der Waals surface area contributed by atoms with E-state index in [-0.39, 0.29) is 0 Å². The molecule has 1 heterocycles. The fourth-order valence-electron chi connectivity index (χ4n) is 4.74. The molecule has 28 heavy (non-hydrogen) atoms. The van der Waals surface area contributed by atoms with Crippen LogP contribution < -0.4 is 4.74 Å². The maximum Gasteiger partial charge on any atom is 0.132 e. The fraction of sp³-hybridized carbons (Fsp3) is 0.0370. The number of hydrogen-bond acceptors (Lipinski definition) is 1. The molecule has 0 N–H and O–H groups in total. The van der Waals surface area contributed by atoms with Gasteiger partial charge in [-0.3, -0.25) is 0 Å². The van der Waals surface area contributed by atoms with Crippen LogP contribution >= 0.6 is 0 Å². The van der Waals surface area contributed by atoms with Gasteiger partial charge in [-0.15, -0.1) is 0 Å². The first-order chi connectivity index (χ1) is 13.8. The highest BCUT2D eigenvalue weighted by Gasteiger charge is 2.52.